The number of carbonyl (C=O) groups excluding carboxylic acids is 1. The van der Waals surface area contributed by atoms with Gasteiger partial charge in [-0.3, -0.25) is 0 Å². The Bertz CT molecular complexity index is 330. The van der Waals surface area contributed by atoms with Crippen LogP contribution in [0.4, 0.5) is 4.79 Å². The maximum absolute atomic E-state index is 11.8. The number of nitrogens with one attached hydrogen (secondary N) is 2. The first-order valence-electron chi connectivity index (χ1n) is 9.08. The summed E-state index contributed by atoms with van der Waals surface area (Å²) in [5.41, 5.74) is 0. The molecule has 1 atom stereocenters. The Hall–Kier alpha value is -0.810. The summed E-state index contributed by atoms with van der Waals surface area (Å²) in [6.07, 6.45) is 8.12. The molecule has 2 aliphatic rings. The molecule has 0 radical (unpaired) electrons. The third kappa shape index (κ3) is 6.53. The van der Waals surface area contributed by atoms with Crippen LogP contribution in [0.15, 0.2) is 0 Å². The Morgan fingerprint density at radius 2 is 1.95 bits per heavy atom. The van der Waals surface area contributed by atoms with E-state index in [4.69, 9.17) is 0 Å². The molecule has 0 aromatic rings. The number of aliphatic hydroxyl groups is 1. The van der Waals surface area contributed by atoms with Crippen LogP contribution in [0.5, 0.6) is 0 Å². The van der Waals surface area contributed by atoms with Gasteiger partial charge in [0.25, 0.3) is 0 Å². The summed E-state index contributed by atoms with van der Waals surface area (Å²) in [5, 5.41) is 15.4. The minimum absolute atomic E-state index is 0.0482. The maximum atomic E-state index is 11.8. The fourth-order valence-corrected chi connectivity index (χ4v) is 3.61. The third-order valence-electron chi connectivity index (χ3n) is 4.96. The number of hydrogen-bond acceptors (Lipinski definition) is 3. The minimum Gasteiger partial charge on any atom is -0.393 e. The van der Waals surface area contributed by atoms with E-state index in [1.807, 2.05) is 0 Å². The average molecular weight is 311 g/mol. The Morgan fingerprint density at radius 1 is 1.18 bits per heavy atom. The highest BCUT2D eigenvalue weighted by Gasteiger charge is 2.20. The van der Waals surface area contributed by atoms with Gasteiger partial charge in [0.1, 0.15) is 0 Å². The molecule has 22 heavy (non-hydrogen) atoms. The molecule has 5 nitrogen and oxygen atoms in total. The summed E-state index contributed by atoms with van der Waals surface area (Å²) in [7, 11) is 0. The van der Waals surface area contributed by atoms with Crippen LogP contribution >= 0.6 is 0 Å². The van der Waals surface area contributed by atoms with Gasteiger partial charge >= 0.3 is 6.03 Å². The van der Waals surface area contributed by atoms with Gasteiger partial charge in [0, 0.05) is 19.1 Å². The van der Waals surface area contributed by atoms with Gasteiger partial charge in [-0.25, -0.2) is 4.79 Å². The molecule has 2 amide bonds. The van der Waals surface area contributed by atoms with Crippen LogP contribution in [0.3, 0.4) is 0 Å². The molecule has 1 saturated carbocycles. The summed E-state index contributed by atoms with van der Waals surface area (Å²) >= 11 is 0. The molecule has 5 heteroatoms. The van der Waals surface area contributed by atoms with Crippen LogP contribution < -0.4 is 10.6 Å². The van der Waals surface area contributed by atoms with Crippen molar-refractivity contribution in [2.24, 2.45) is 5.92 Å². The number of likely N-dealkylation sites (tertiary alicyclic amines) is 1. The quantitative estimate of drug-likeness (QED) is 0.658. The van der Waals surface area contributed by atoms with Gasteiger partial charge in [0.2, 0.25) is 0 Å². The molecule has 3 N–H and O–H groups in total. The predicted molar refractivity (Wildman–Crippen MR) is 88.9 cm³/mol. The molecule has 0 aromatic heterocycles. The molecule has 2 rings (SSSR count). The van der Waals surface area contributed by atoms with E-state index in [-0.39, 0.29) is 18.2 Å². The summed E-state index contributed by atoms with van der Waals surface area (Å²) in [6, 6.07) is 0.186. The zero-order valence-corrected chi connectivity index (χ0v) is 14.0. The molecule has 0 aromatic carbocycles. The molecule has 2 fully saturated rings. The summed E-state index contributed by atoms with van der Waals surface area (Å²) < 4.78 is 0. The summed E-state index contributed by atoms with van der Waals surface area (Å²) in [4.78, 5) is 14.4. The number of urea groups is 1. The third-order valence-corrected chi connectivity index (χ3v) is 4.96. The molecule has 0 spiro atoms. The Kier molecular flexibility index (Phi) is 7.46. The van der Waals surface area contributed by atoms with Crippen molar-refractivity contribution < 1.29 is 9.90 Å². The second kappa shape index (κ2) is 9.36. The van der Waals surface area contributed by atoms with Gasteiger partial charge in [-0.2, -0.15) is 0 Å². The van der Waals surface area contributed by atoms with Crippen LogP contribution in [0.25, 0.3) is 0 Å². The molecule has 0 bridgehead atoms. The van der Waals surface area contributed by atoms with E-state index >= 15 is 0 Å². The van der Waals surface area contributed by atoms with E-state index in [9.17, 15) is 9.90 Å². The number of nitrogens with zero attached hydrogens (tertiary/aromatic N) is 1. The van der Waals surface area contributed by atoms with Crippen molar-refractivity contribution in [2.75, 3.05) is 26.2 Å². The number of piperidine rings is 1. The largest absolute Gasteiger partial charge is 0.393 e. The van der Waals surface area contributed by atoms with Crippen molar-refractivity contribution in [1.82, 2.24) is 15.5 Å². The molecule has 1 unspecified atom stereocenters. The molecular formula is C17H33N3O2. The Balaban J connectivity index is 1.47. The SMILES string of the molecule is CC1CCCN(CCCCNC(=O)NC2CCC(O)CC2)C1. The topological polar surface area (TPSA) is 64.6 Å². The van der Waals surface area contributed by atoms with Gasteiger partial charge in [-0.15, -0.1) is 0 Å². The second-order valence-electron chi connectivity index (χ2n) is 7.16. The van der Waals surface area contributed by atoms with Crippen molar-refractivity contribution in [3.63, 3.8) is 0 Å². The fourth-order valence-electron chi connectivity index (χ4n) is 3.61. The molecule has 1 saturated heterocycles. The number of rotatable bonds is 6. The predicted octanol–water partition coefficient (Wildman–Crippen LogP) is 2.10. The zero-order valence-electron chi connectivity index (χ0n) is 14.0. The molecule has 1 heterocycles. The number of hydrogen-bond donors (Lipinski definition) is 3. The van der Waals surface area contributed by atoms with Crippen LogP contribution in [0.1, 0.15) is 58.3 Å². The normalized spacial score (nSPS) is 30.0. The van der Waals surface area contributed by atoms with Crippen LogP contribution in [-0.2, 0) is 0 Å². The lowest BCUT2D eigenvalue weighted by molar-refractivity contribution is 0.117. The second-order valence-corrected chi connectivity index (χ2v) is 7.16. The molecular weight excluding hydrogens is 278 g/mol. The zero-order chi connectivity index (χ0) is 15.8. The first-order valence-corrected chi connectivity index (χ1v) is 9.08. The minimum atomic E-state index is -0.168. The van der Waals surface area contributed by atoms with Gasteiger partial charge in [0.15, 0.2) is 0 Å². The highest BCUT2D eigenvalue weighted by atomic mass is 16.3. The van der Waals surface area contributed by atoms with Crippen molar-refractivity contribution in [3.05, 3.63) is 0 Å². The number of unbranched alkanes of at least 4 members (excludes halogenated alkanes) is 1. The van der Waals surface area contributed by atoms with Crippen molar-refractivity contribution >= 4 is 6.03 Å². The van der Waals surface area contributed by atoms with Crippen LogP contribution in [0, 0.1) is 5.92 Å². The molecule has 128 valence electrons. The highest BCUT2D eigenvalue weighted by molar-refractivity contribution is 5.74. The lowest BCUT2D eigenvalue weighted by Gasteiger charge is -2.30. The number of aliphatic hydroxyl groups excluding tert-OH is 1. The van der Waals surface area contributed by atoms with Crippen molar-refractivity contribution in [1.29, 1.82) is 0 Å². The summed E-state index contributed by atoms with van der Waals surface area (Å²) in [5.74, 6) is 0.840. The van der Waals surface area contributed by atoms with E-state index in [1.54, 1.807) is 0 Å². The lowest BCUT2D eigenvalue weighted by atomic mass is 9.93. The van der Waals surface area contributed by atoms with Crippen LogP contribution in [0.2, 0.25) is 0 Å². The first-order chi connectivity index (χ1) is 10.6. The number of carbonyl (C=O) groups is 1. The lowest BCUT2D eigenvalue weighted by Crippen LogP contribution is -2.44. The molecule has 1 aliphatic carbocycles. The van der Waals surface area contributed by atoms with Gasteiger partial charge in [0.05, 0.1) is 6.10 Å². The molecule has 1 aliphatic heterocycles. The van der Waals surface area contributed by atoms with E-state index in [1.165, 1.54) is 25.9 Å². The van der Waals surface area contributed by atoms with Gasteiger partial charge < -0.3 is 20.6 Å². The van der Waals surface area contributed by atoms with E-state index < -0.39 is 0 Å². The van der Waals surface area contributed by atoms with E-state index in [2.05, 4.69) is 22.5 Å². The monoisotopic (exact) mass is 311 g/mol. The first kappa shape index (κ1) is 17.5. The van der Waals surface area contributed by atoms with Crippen LogP contribution in [-0.4, -0.2) is 54.4 Å². The Morgan fingerprint density at radius 3 is 2.68 bits per heavy atom. The maximum Gasteiger partial charge on any atom is 0.315 e. The van der Waals surface area contributed by atoms with E-state index in [0.29, 0.717) is 0 Å². The average Bonchev–Trinajstić information content (AvgIpc) is 2.49. The Labute approximate surface area is 134 Å². The smallest absolute Gasteiger partial charge is 0.315 e. The van der Waals surface area contributed by atoms with Crippen molar-refractivity contribution in [2.45, 2.75) is 70.4 Å². The van der Waals surface area contributed by atoms with Gasteiger partial charge in [-0.1, -0.05) is 6.92 Å². The van der Waals surface area contributed by atoms with Crippen molar-refractivity contribution in [3.8, 4) is 0 Å². The highest BCUT2D eigenvalue weighted by Crippen LogP contribution is 2.18. The van der Waals surface area contributed by atoms with E-state index in [0.717, 1.165) is 57.5 Å². The fraction of sp³-hybridized carbons (Fsp3) is 0.941. The number of amides is 2. The standard InChI is InChI=1S/C17H33N3O2/c1-14-5-4-12-20(13-14)11-3-2-10-18-17(22)19-15-6-8-16(21)9-7-15/h14-16,21H,2-13H2,1H3,(H2,18,19,22). The summed E-state index contributed by atoms with van der Waals surface area (Å²) in [6.45, 7) is 6.73. The van der Waals surface area contributed by atoms with Gasteiger partial charge in [-0.05, 0) is 70.4 Å².